The predicted molar refractivity (Wildman–Crippen MR) is 104 cm³/mol. The maximum Gasteiger partial charge on any atom is 0.252 e. The second-order valence-electron chi connectivity index (χ2n) is 8.57. The summed E-state index contributed by atoms with van der Waals surface area (Å²) >= 11 is 1.64. The van der Waals surface area contributed by atoms with Crippen LogP contribution in [0.3, 0.4) is 0 Å². The minimum atomic E-state index is -2.56. The minimum absolute atomic E-state index is 0.126. The topological polar surface area (TPSA) is 67.1 Å². The summed E-state index contributed by atoms with van der Waals surface area (Å²) in [7, 11) is 0. The van der Waals surface area contributed by atoms with E-state index in [-0.39, 0.29) is 24.8 Å². The van der Waals surface area contributed by atoms with Crippen LogP contribution in [0.25, 0.3) is 0 Å². The van der Waals surface area contributed by atoms with Gasteiger partial charge in [0, 0.05) is 53.2 Å². The molecule has 150 valence electrons. The third-order valence-corrected chi connectivity index (χ3v) is 7.38. The molecule has 27 heavy (non-hydrogen) atoms. The average molecular weight is 398 g/mol. The Labute approximate surface area is 163 Å². The van der Waals surface area contributed by atoms with Gasteiger partial charge in [-0.2, -0.15) is 0 Å². The van der Waals surface area contributed by atoms with Gasteiger partial charge in [0.15, 0.2) is 0 Å². The first-order valence-corrected chi connectivity index (χ1v) is 11.1. The maximum absolute atomic E-state index is 13.2. The van der Waals surface area contributed by atoms with Gasteiger partial charge in [0.1, 0.15) is 0 Å². The number of amides is 1. The van der Waals surface area contributed by atoms with Gasteiger partial charge in [-0.1, -0.05) is 0 Å². The number of hydrogen-bond donors (Lipinski definition) is 3. The lowest BCUT2D eigenvalue weighted by atomic mass is 9.92. The second kappa shape index (κ2) is 7.76. The lowest BCUT2D eigenvalue weighted by molar-refractivity contribution is -0.0399. The predicted octanol–water partition coefficient (Wildman–Crippen LogP) is 3.77. The first-order valence-electron chi connectivity index (χ1n) is 10.2. The van der Waals surface area contributed by atoms with Crippen LogP contribution in [0.2, 0.25) is 0 Å². The van der Waals surface area contributed by atoms with Crippen LogP contribution in [0.5, 0.6) is 0 Å². The van der Waals surface area contributed by atoms with Crippen LogP contribution < -0.4 is 16.4 Å². The highest BCUT2D eigenvalue weighted by Crippen LogP contribution is 2.44. The highest BCUT2D eigenvalue weighted by atomic mass is 32.1. The van der Waals surface area contributed by atoms with Crippen LogP contribution in [0.1, 0.15) is 78.9 Å². The van der Waals surface area contributed by atoms with Gasteiger partial charge < -0.3 is 16.4 Å². The summed E-state index contributed by atoms with van der Waals surface area (Å²) in [6, 6.07) is 3.31. The Morgan fingerprint density at radius 3 is 2.52 bits per heavy atom. The van der Waals surface area contributed by atoms with E-state index < -0.39 is 5.92 Å². The minimum Gasteiger partial charge on any atom is -0.349 e. The van der Waals surface area contributed by atoms with Crippen LogP contribution in [0.15, 0.2) is 11.4 Å². The first-order chi connectivity index (χ1) is 12.9. The standard InChI is InChI=1S/C20H29F2N3OS/c21-20(22)7-5-15(6-8-20)25-19(26)12-9-18(27-11-12)16-10-17(16)24-14-3-1-13(23)2-4-14/h9,11,13-17,24H,1-8,10,23H2,(H,25,26)/t13-,14+,16-,17-/m1/s1. The zero-order chi connectivity index (χ0) is 19.0. The summed E-state index contributed by atoms with van der Waals surface area (Å²) in [4.78, 5) is 13.7. The Morgan fingerprint density at radius 2 is 1.81 bits per heavy atom. The lowest BCUT2D eigenvalue weighted by Crippen LogP contribution is -2.40. The molecule has 3 fully saturated rings. The fourth-order valence-corrected chi connectivity index (χ4v) is 5.47. The van der Waals surface area contributed by atoms with Gasteiger partial charge in [0.05, 0.1) is 5.56 Å². The zero-order valence-electron chi connectivity index (χ0n) is 15.6. The van der Waals surface area contributed by atoms with Gasteiger partial charge in [-0.25, -0.2) is 8.78 Å². The van der Waals surface area contributed by atoms with E-state index in [1.54, 1.807) is 11.3 Å². The van der Waals surface area contributed by atoms with Crippen molar-refractivity contribution in [1.82, 2.24) is 10.6 Å². The van der Waals surface area contributed by atoms with Crippen LogP contribution in [0, 0.1) is 0 Å². The molecule has 0 spiro atoms. The summed E-state index contributed by atoms with van der Waals surface area (Å²) < 4.78 is 26.5. The highest BCUT2D eigenvalue weighted by molar-refractivity contribution is 7.10. The number of carbonyl (C=O) groups is 1. The Hall–Kier alpha value is -1.05. The fraction of sp³-hybridized carbons (Fsp3) is 0.750. The molecule has 0 radical (unpaired) electrons. The average Bonchev–Trinajstić information content (AvgIpc) is 3.21. The third kappa shape index (κ3) is 4.87. The molecule has 2 atom stereocenters. The van der Waals surface area contributed by atoms with Gasteiger partial charge in [-0.3, -0.25) is 4.79 Å². The van der Waals surface area contributed by atoms with Gasteiger partial charge in [0.25, 0.3) is 5.91 Å². The van der Waals surface area contributed by atoms with E-state index >= 15 is 0 Å². The quantitative estimate of drug-likeness (QED) is 0.708. The number of nitrogens with two attached hydrogens (primary N) is 1. The first kappa shape index (κ1) is 19.3. The number of hydrogen-bond acceptors (Lipinski definition) is 4. The smallest absolute Gasteiger partial charge is 0.252 e. The van der Waals surface area contributed by atoms with Crippen molar-refractivity contribution in [1.29, 1.82) is 0 Å². The molecule has 3 aliphatic carbocycles. The van der Waals surface area contributed by atoms with Crippen molar-refractivity contribution in [3.05, 3.63) is 21.9 Å². The van der Waals surface area contributed by atoms with E-state index in [0.717, 1.165) is 32.1 Å². The molecule has 7 heteroatoms. The van der Waals surface area contributed by atoms with Gasteiger partial charge in [-0.15, -0.1) is 11.3 Å². The van der Waals surface area contributed by atoms with Crippen molar-refractivity contribution in [2.24, 2.45) is 5.73 Å². The van der Waals surface area contributed by atoms with Crippen LogP contribution in [0.4, 0.5) is 8.78 Å². The molecule has 1 heterocycles. The Bertz CT molecular complexity index is 662. The Balaban J connectivity index is 1.25. The van der Waals surface area contributed by atoms with Crippen molar-refractivity contribution in [2.75, 3.05) is 0 Å². The monoisotopic (exact) mass is 397 g/mol. The summed E-state index contributed by atoms with van der Waals surface area (Å²) in [5.74, 6) is -2.19. The van der Waals surface area contributed by atoms with E-state index in [9.17, 15) is 13.6 Å². The number of nitrogens with one attached hydrogen (secondary N) is 2. The molecule has 3 aliphatic rings. The molecule has 1 aromatic rings. The van der Waals surface area contributed by atoms with Crippen molar-refractivity contribution in [2.45, 2.75) is 93.8 Å². The zero-order valence-corrected chi connectivity index (χ0v) is 16.4. The molecular weight excluding hydrogens is 368 g/mol. The van der Waals surface area contributed by atoms with Crippen molar-refractivity contribution in [3.63, 3.8) is 0 Å². The summed E-state index contributed by atoms with van der Waals surface area (Å²) in [5, 5.41) is 8.59. The molecule has 0 aliphatic heterocycles. The van der Waals surface area contributed by atoms with Crippen LogP contribution in [-0.4, -0.2) is 36.0 Å². The van der Waals surface area contributed by atoms with Gasteiger partial charge in [-0.05, 0) is 51.0 Å². The molecule has 0 unspecified atom stereocenters. The van der Waals surface area contributed by atoms with E-state index in [1.807, 2.05) is 11.4 Å². The summed E-state index contributed by atoms with van der Waals surface area (Å²) in [6.07, 6.45) is 6.10. The van der Waals surface area contributed by atoms with Crippen LogP contribution in [-0.2, 0) is 0 Å². The van der Waals surface area contributed by atoms with Crippen molar-refractivity contribution < 1.29 is 13.6 Å². The molecule has 0 aromatic carbocycles. The van der Waals surface area contributed by atoms with E-state index in [1.165, 1.54) is 4.88 Å². The highest BCUT2D eigenvalue weighted by Gasteiger charge is 2.41. The number of rotatable bonds is 5. The van der Waals surface area contributed by atoms with E-state index in [4.69, 9.17) is 5.73 Å². The summed E-state index contributed by atoms with van der Waals surface area (Å²) in [6.45, 7) is 0. The Kier molecular flexibility index (Phi) is 5.54. The van der Waals surface area contributed by atoms with Gasteiger partial charge in [0.2, 0.25) is 5.92 Å². The van der Waals surface area contributed by atoms with Crippen molar-refractivity contribution in [3.8, 4) is 0 Å². The molecule has 0 saturated heterocycles. The number of alkyl halides is 2. The van der Waals surface area contributed by atoms with Crippen LogP contribution >= 0.6 is 11.3 Å². The van der Waals surface area contributed by atoms with Gasteiger partial charge >= 0.3 is 0 Å². The molecule has 4 rings (SSSR count). The normalized spacial score (nSPS) is 33.6. The molecule has 4 nitrogen and oxygen atoms in total. The maximum atomic E-state index is 13.2. The lowest BCUT2D eigenvalue weighted by Gasteiger charge is -2.28. The SMILES string of the molecule is N[C@H]1CC[C@@H](N[C@@H]2C[C@H]2c2cc(C(=O)NC3CCC(F)(F)CC3)cs2)CC1. The molecule has 1 amide bonds. The van der Waals surface area contributed by atoms with E-state index in [2.05, 4.69) is 10.6 Å². The number of carbonyl (C=O) groups excluding carboxylic acids is 1. The van der Waals surface area contributed by atoms with E-state index in [0.29, 0.717) is 42.4 Å². The Morgan fingerprint density at radius 1 is 1.11 bits per heavy atom. The fourth-order valence-electron chi connectivity index (χ4n) is 4.40. The molecule has 1 aromatic heterocycles. The summed E-state index contributed by atoms with van der Waals surface area (Å²) in [5.41, 5.74) is 6.64. The number of thiophene rings is 1. The molecule has 4 N–H and O–H groups in total. The largest absolute Gasteiger partial charge is 0.349 e. The number of halogens is 2. The second-order valence-corrected chi connectivity index (χ2v) is 9.51. The third-order valence-electron chi connectivity index (χ3n) is 6.31. The molecule has 0 bridgehead atoms. The molecular formula is C20H29F2N3OS. The van der Waals surface area contributed by atoms with Crippen molar-refractivity contribution >= 4 is 17.2 Å². The molecule has 3 saturated carbocycles.